The van der Waals surface area contributed by atoms with Gasteiger partial charge in [-0.1, -0.05) is 11.6 Å². The molecule has 0 atom stereocenters. The second-order valence-electron chi connectivity index (χ2n) is 5.41. The number of nitrogens with zero attached hydrogens (tertiary/aromatic N) is 3. The van der Waals surface area contributed by atoms with Crippen LogP contribution in [-0.2, 0) is 4.79 Å². The van der Waals surface area contributed by atoms with E-state index < -0.39 is 0 Å². The molecule has 5 nitrogen and oxygen atoms in total. The molecule has 98 valence electrons. The molecule has 1 amide bonds. The Kier molecular flexibility index (Phi) is 3.06. The average Bonchev–Trinajstić information content (AvgIpc) is 2.74. The molecule has 2 fully saturated rings. The summed E-state index contributed by atoms with van der Waals surface area (Å²) in [6, 6.07) is 0. The zero-order valence-electron chi connectivity index (χ0n) is 10.8. The molecule has 2 aliphatic rings. The summed E-state index contributed by atoms with van der Waals surface area (Å²) in [6.45, 7) is 3.51. The topological polar surface area (TPSA) is 59.2 Å². The molecule has 0 radical (unpaired) electrons. The van der Waals surface area contributed by atoms with Crippen LogP contribution in [0.4, 0.5) is 0 Å². The maximum Gasteiger partial charge on any atom is 0.229 e. The van der Waals surface area contributed by atoms with Crippen LogP contribution in [0.15, 0.2) is 4.52 Å². The zero-order valence-corrected chi connectivity index (χ0v) is 10.8. The Morgan fingerprint density at radius 1 is 1.28 bits per heavy atom. The summed E-state index contributed by atoms with van der Waals surface area (Å²) in [5.74, 6) is 2.44. The van der Waals surface area contributed by atoms with Crippen molar-refractivity contribution in [3.63, 3.8) is 0 Å². The van der Waals surface area contributed by atoms with Gasteiger partial charge < -0.3 is 9.42 Å². The van der Waals surface area contributed by atoms with Gasteiger partial charge in [0, 0.05) is 24.9 Å². The fourth-order valence-electron chi connectivity index (χ4n) is 2.74. The Bertz CT molecular complexity index is 431. The summed E-state index contributed by atoms with van der Waals surface area (Å²) < 4.78 is 5.21. The number of carbonyl (C=O) groups is 1. The van der Waals surface area contributed by atoms with Crippen LogP contribution in [0.2, 0.25) is 0 Å². The molecule has 1 saturated carbocycles. The molecule has 0 bridgehead atoms. The average molecular weight is 249 g/mol. The van der Waals surface area contributed by atoms with Gasteiger partial charge in [-0.15, -0.1) is 0 Å². The van der Waals surface area contributed by atoms with E-state index in [2.05, 4.69) is 10.1 Å². The molecular formula is C13H19N3O2. The molecule has 0 unspecified atom stereocenters. The lowest BCUT2D eigenvalue weighted by molar-refractivity contribution is -0.139. The van der Waals surface area contributed by atoms with Crippen LogP contribution in [0.1, 0.15) is 49.7 Å². The van der Waals surface area contributed by atoms with Gasteiger partial charge in [-0.05, 0) is 32.6 Å². The molecule has 0 aromatic carbocycles. The Hall–Kier alpha value is -1.39. The van der Waals surface area contributed by atoms with E-state index in [1.807, 2.05) is 11.8 Å². The van der Waals surface area contributed by atoms with Crippen LogP contribution in [0.5, 0.6) is 0 Å². The number of rotatable bonds is 2. The molecule has 1 aromatic rings. The highest BCUT2D eigenvalue weighted by atomic mass is 16.5. The lowest BCUT2D eigenvalue weighted by Crippen LogP contribution is -2.43. The summed E-state index contributed by atoms with van der Waals surface area (Å²) in [5.41, 5.74) is 0. The van der Waals surface area contributed by atoms with Crippen molar-refractivity contribution in [3.8, 4) is 0 Å². The number of aromatic nitrogens is 2. The van der Waals surface area contributed by atoms with E-state index in [4.69, 9.17) is 4.52 Å². The van der Waals surface area contributed by atoms with Crippen molar-refractivity contribution in [1.82, 2.24) is 15.0 Å². The van der Waals surface area contributed by atoms with E-state index in [-0.39, 0.29) is 0 Å². The summed E-state index contributed by atoms with van der Waals surface area (Å²) in [4.78, 5) is 18.4. The standard InChI is InChI=1S/C13H19N3O2/c1-9-14-12(18-15-9)10-5-7-16(8-6-10)13(17)11-3-2-4-11/h10-11H,2-8H2,1H3. The van der Waals surface area contributed by atoms with Gasteiger partial charge in [0.25, 0.3) is 0 Å². The fraction of sp³-hybridized carbons (Fsp3) is 0.769. The maximum atomic E-state index is 12.1. The fourth-order valence-corrected chi connectivity index (χ4v) is 2.74. The Morgan fingerprint density at radius 2 is 2.00 bits per heavy atom. The minimum Gasteiger partial charge on any atom is -0.342 e. The normalized spacial score (nSPS) is 21.9. The van der Waals surface area contributed by atoms with Crippen LogP contribution in [0.3, 0.4) is 0 Å². The number of aryl methyl sites for hydroxylation is 1. The van der Waals surface area contributed by atoms with Gasteiger partial charge in [0.05, 0.1) is 0 Å². The van der Waals surface area contributed by atoms with Crippen LogP contribution in [-0.4, -0.2) is 34.0 Å². The molecule has 2 heterocycles. The van der Waals surface area contributed by atoms with Gasteiger partial charge in [0.1, 0.15) is 0 Å². The van der Waals surface area contributed by atoms with Gasteiger partial charge in [0.2, 0.25) is 11.8 Å². The molecule has 0 N–H and O–H groups in total. The number of likely N-dealkylation sites (tertiary alicyclic amines) is 1. The van der Waals surface area contributed by atoms with Crippen LogP contribution in [0, 0.1) is 12.8 Å². The quantitative estimate of drug-likeness (QED) is 0.803. The van der Waals surface area contributed by atoms with Crippen LogP contribution < -0.4 is 0 Å². The molecule has 1 aliphatic heterocycles. The molecule has 1 saturated heterocycles. The third kappa shape index (κ3) is 2.13. The zero-order chi connectivity index (χ0) is 12.5. The minimum absolute atomic E-state index is 0.312. The van der Waals surface area contributed by atoms with Crippen molar-refractivity contribution in [2.24, 2.45) is 5.92 Å². The molecule has 5 heteroatoms. The summed E-state index contributed by atoms with van der Waals surface area (Å²) in [7, 11) is 0. The Labute approximate surface area is 107 Å². The van der Waals surface area contributed by atoms with Crippen molar-refractivity contribution < 1.29 is 9.32 Å². The highest BCUT2D eigenvalue weighted by Gasteiger charge is 2.33. The highest BCUT2D eigenvalue weighted by molar-refractivity contribution is 5.79. The van der Waals surface area contributed by atoms with Crippen molar-refractivity contribution >= 4 is 5.91 Å². The lowest BCUT2D eigenvalue weighted by atomic mass is 9.83. The minimum atomic E-state index is 0.312. The Morgan fingerprint density at radius 3 is 2.50 bits per heavy atom. The van der Waals surface area contributed by atoms with Gasteiger partial charge in [0.15, 0.2) is 5.82 Å². The van der Waals surface area contributed by atoms with Crippen LogP contribution in [0.25, 0.3) is 0 Å². The second kappa shape index (κ2) is 4.71. The molecule has 1 aliphatic carbocycles. The van der Waals surface area contributed by atoms with Crippen molar-refractivity contribution in [2.45, 2.75) is 44.9 Å². The third-order valence-electron chi connectivity index (χ3n) is 4.15. The maximum absolute atomic E-state index is 12.1. The molecule has 18 heavy (non-hydrogen) atoms. The monoisotopic (exact) mass is 249 g/mol. The van der Waals surface area contributed by atoms with E-state index >= 15 is 0 Å². The number of hydrogen-bond acceptors (Lipinski definition) is 4. The van der Waals surface area contributed by atoms with Crippen molar-refractivity contribution in [3.05, 3.63) is 11.7 Å². The van der Waals surface area contributed by atoms with E-state index in [9.17, 15) is 4.79 Å². The van der Waals surface area contributed by atoms with E-state index in [0.717, 1.165) is 44.7 Å². The first-order valence-electron chi connectivity index (χ1n) is 6.83. The van der Waals surface area contributed by atoms with Gasteiger partial charge in [-0.3, -0.25) is 4.79 Å². The van der Waals surface area contributed by atoms with E-state index in [1.165, 1.54) is 6.42 Å². The van der Waals surface area contributed by atoms with E-state index in [1.54, 1.807) is 0 Å². The lowest BCUT2D eigenvalue weighted by Gasteiger charge is -2.35. The SMILES string of the molecule is Cc1noc(C2CCN(C(=O)C3CCC3)CC2)n1. The number of carbonyl (C=O) groups excluding carboxylic acids is 1. The largest absolute Gasteiger partial charge is 0.342 e. The first-order valence-corrected chi connectivity index (χ1v) is 6.83. The molecular weight excluding hydrogens is 230 g/mol. The van der Waals surface area contributed by atoms with Crippen LogP contribution >= 0.6 is 0 Å². The third-order valence-corrected chi connectivity index (χ3v) is 4.15. The number of piperidine rings is 1. The van der Waals surface area contributed by atoms with Gasteiger partial charge in [-0.2, -0.15) is 4.98 Å². The molecule has 1 aromatic heterocycles. The predicted octanol–water partition coefficient (Wildman–Crippen LogP) is 1.88. The van der Waals surface area contributed by atoms with Crippen molar-refractivity contribution in [2.75, 3.05) is 13.1 Å². The first kappa shape index (κ1) is 11.7. The smallest absolute Gasteiger partial charge is 0.229 e. The van der Waals surface area contributed by atoms with Crippen molar-refractivity contribution in [1.29, 1.82) is 0 Å². The molecule has 0 spiro atoms. The number of hydrogen-bond donors (Lipinski definition) is 0. The summed E-state index contributed by atoms with van der Waals surface area (Å²) >= 11 is 0. The van der Waals surface area contributed by atoms with Gasteiger partial charge >= 0.3 is 0 Å². The predicted molar refractivity (Wildman–Crippen MR) is 64.9 cm³/mol. The first-order chi connectivity index (χ1) is 8.74. The Balaban J connectivity index is 1.56. The summed E-state index contributed by atoms with van der Waals surface area (Å²) in [5, 5.41) is 3.83. The number of amides is 1. The summed E-state index contributed by atoms with van der Waals surface area (Å²) in [6.07, 6.45) is 5.28. The second-order valence-corrected chi connectivity index (χ2v) is 5.41. The van der Waals surface area contributed by atoms with Gasteiger partial charge in [-0.25, -0.2) is 0 Å². The molecule has 3 rings (SSSR count). The highest BCUT2D eigenvalue weighted by Crippen LogP contribution is 2.32. The van der Waals surface area contributed by atoms with E-state index in [0.29, 0.717) is 23.6 Å².